The molecule has 1 aromatic heterocycles. The molecule has 1 aromatic rings. The summed E-state index contributed by atoms with van der Waals surface area (Å²) >= 11 is 0. The normalized spacial score (nSPS) is 23.4. The highest BCUT2D eigenvalue weighted by Crippen LogP contribution is 2.41. The van der Waals surface area contributed by atoms with Gasteiger partial charge in [-0.1, -0.05) is 27.7 Å². The van der Waals surface area contributed by atoms with Crippen LogP contribution in [0.1, 0.15) is 51.5 Å². The van der Waals surface area contributed by atoms with Gasteiger partial charge in [-0.15, -0.1) is 0 Å². The lowest BCUT2D eigenvalue weighted by Gasteiger charge is -2.35. The van der Waals surface area contributed by atoms with E-state index in [4.69, 9.17) is 4.42 Å². The summed E-state index contributed by atoms with van der Waals surface area (Å²) in [5.41, 5.74) is 1.72. The topological polar surface area (TPSA) is 25.2 Å². The van der Waals surface area contributed by atoms with E-state index in [1.54, 1.807) is 0 Å². The predicted octanol–water partition coefficient (Wildman–Crippen LogP) is 3.54. The molecule has 0 spiro atoms. The Kier molecular flexibility index (Phi) is 3.11. The van der Waals surface area contributed by atoms with Crippen molar-refractivity contribution in [1.29, 1.82) is 0 Å². The van der Waals surface area contributed by atoms with Crippen LogP contribution in [0.2, 0.25) is 0 Å². The van der Waals surface area contributed by atoms with E-state index in [1.165, 1.54) is 17.7 Å². The minimum atomic E-state index is 0.347. The van der Waals surface area contributed by atoms with Gasteiger partial charge in [-0.05, 0) is 30.4 Å². The largest absolute Gasteiger partial charge is 0.469 e. The van der Waals surface area contributed by atoms with Gasteiger partial charge in [0.15, 0.2) is 0 Å². The van der Waals surface area contributed by atoms with Crippen molar-refractivity contribution in [3.8, 4) is 0 Å². The van der Waals surface area contributed by atoms with Crippen LogP contribution in [0.15, 0.2) is 16.7 Å². The second-order valence-corrected chi connectivity index (χ2v) is 6.20. The van der Waals surface area contributed by atoms with Crippen LogP contribution in [0.25, 0.3) is 0 Å². The van der Waals surface area contributed by atoms with E-state index in [2.05, 4.69) is 39.1 Å². The molecule has 0 fully saturated rings. The molecule has 2 heteroatoms. The Bertz CT molecular complexity index is 351. The molecule has 0 saturated heterocycles. The molecule has 0 aromatic carbocycles. The van der Waals surface area contributed by atoms with Crippen molar-refractivity contribution < 1.29 is 4.42 Å². The van der Waals surface area contributed by atoms with Crippen molar-refractivity contribution in [1.82, 2.24) is 5.32 Å². The first-order valence-corrected chi connectivity index (χ1v) is 6.27. The Hall–Kier alpha value is -0.760. The highest BCUT2D eigenvalue weighted by molar-refractivity contribution is 5.26. The van der Waals surface area contributed by atoms with E-state index < -0.39 is 0 Å². The summed E-state index contributed by atoms with van der Waals surface area (Å²) in [5, 5.41) is 3.66. The van der Waals surface area contributed by atoms with E-state index in [0.717, 1.165) is 13.0 Å². The summed E-state index contributed by atoms with van der Waals surface area (Å²) < 4.78 is 5.59. The summed E-state index contributed by atoms with van der Waals surface area (Å²) in [6.07, 6.45) is 4.09. The standard InChI is InChI=1S/C14H23NO/c1-10(2)9-15-12-7-14(3,4)8-13-11(12)5-6-16-13/h5-6,10,12,15H,7-9H2,1-4H3. The van der Waals surface area contributed by atoms with Crippen molar-refractivity contribution in [3.05, 3.63) is 23.7 Å². The smallest absolute Gasteiger partial charge is 0.109 e. The lowest BCUT2D eigenvalue weighted by molar-refractivity contribution is 0.232. The average Bonchev–Trinajstić information content (AvgIpc) is 2.59. The minimum absolute atomic E-state index is 0.347. The second-order valence-electron chi connectivity index (χ2n) is 6.20. The van der Waals surface area contributed by atoms with E-state index in [0.29, 0.717) is 17.4 Å². The van der Waals surface area contributed by atoms with Crippen LogP contribution in [0.5, 0.6) is 0 Å². The summed E-state index contributed by atoms with van der Waals surface area (Å²) in [7, 11) is 0. The first-order chi connectivity index (χ1) is 7.48. The molecule has 1 aliphatic carbocycles. The van der Waals surface area contributed by atoms with Crippen molar-refractivity contribution >= 4 is 0 Å². The molecule has 0 aliphatic heterocycles. The third kappa shape index (κ3) is 2.49. The third-order valence-corrected chi connectivity index (χ3v) is 3.32. The molecule has 2 rings (SSSR count). The zero-order valence-electron chi connectivity index (χ0n) is 10.8. The van der Waals surface area contributed by atoms with E-state index in [1.807, 2.05) is 6.26 Å². The molecule has 0 bridgehead atoms. The van der Waals surface area contributed by atoms with Gasteiger partial charge in [-0.2, -0.15) is 0 Å². The van der Waals surface area contributed by atoms with Gasteiger partial charge in [0.25, 0.3) is 0 Å². The number of nitrogens with one attached hydrogen (secondary N) is 1. The van der Waals surface area contributed by atoms with Crippen LogP contribution >= 0.6 is 0 Å². The third-order valence-electron chi connectivity index (χ3n) is 3.32. The van der Waals surface area contributed by atoms with Gasteiger partial charge in [0.05, 0.1) is 6.26 Å². The number of rotatable bonds is 3. The zero-order chi connectivity index (χ0) is 11.8. The quantitative estimate of drug-likeness (QED) is 0.844. The SMILES string of the molecule is CC(C)CNC1CC(C)(C)Cc2occc21. The molecule has 0 radical (unpaired) electrons. The van der Waals surface area contributed by atoms with Gasteiger partial charge in [0, 0.05) is 18.0 Å². The van der Waals surface area contributed by atoms with Crippen molar-refractivity contribution in [3.63, 3.8) is 0 Å². The monoisotopic (exact) mass is 221 g/mol. The molecule has 0 amide bonds. The molecule has 0 saturated carbocycles. The van der Waals surface area contributed by atoms with Gasteiger partial charge in [-0.25, -0.2) is 0 Å². The van der Waals surface area contributed by atoms with Crippen LogP contribution in [-0.4, -0.2) is 6.54 Å². The minimum Gasteiger partial charge on any atom is -0.469 e. The molecule has 1 atom stereocenters. The lowest BCUT2D eigenvalue weighted by Crippen LogP contribution is -2.34. The molecule has 90 valence electrons. The summed E-state index contributed by atoms with van der Waals surface area (Å²) in [6.45, 7) is 10.2. The van der Waals surface area contributed by atoms with Crippen LogP contribution in [0, 0.1) is 11.3 Å². The first kappa shape index (κ1) is 11.7. The number of fused-ring (bicyclic) bond motifs is 1. The molecule has 2 nitrogen and oxygen atoms in total. The maximum Gasteiger partial charge on any atom is 0.109 e. The highest BCUT2D eigenvalue weighted by Gasteiger charge is 2.33. The molecule has 1 N–H and O–H groups in total. The molecule has 1 heterocycles. The fourth-order valence-corrected chi connectivity index (χ4v) is 2.53. The molecular weight excluding hydrogens is 198 g/mol. The number of furan rings is 1. The van der Waals surface area contributed by atoms with E-state index >= 15 is 0 Å². The van der Waals surface area contributed by atoms with Crippen molar-refractivity contribution in [2.24, 2.45) is 11.3 Å². The average molecular weight is 221 g/mol. The fraction of sp³-hybridized carbons (Fsp3) is 0.714. The maximum atomic E-state index is 5.59. The summed E-state index contributed by atoms with van der Waals surface area (Å²) in [6, 6.07) is 2.60. The molecular formula is C14H23NO. The van der Waals surface area contributed by atoms with Gasteiger partial charge in [0.2, 0.25) is 0 Å². The van der Waals surface area contributed by atoms with Crippen LogP contribution < -0.4 is 5.32 Å². The Balaban J connectivity index is 2.13. The van der Waals surface area contributed by atoms with Crippen molar-refractivity contribution in [2.75, 3.05) is 6.54 Å². The maximum absolute atomic E-state index is 5.59. The lowest BCUT2D eigenvalue weighted by atomic mass is 9.74. The summed E-state index contributed by atoms with van der Waals surface area (Å²) in [5.74, 6) is 1.87. The second kappa shape index (κ2) is 4.25. The Morgan fingerprint density at radius 2 is 2.25 bits per heavy atom. The van der Waals surface area contributed by atoms with Gasteiger partial charge in [0.1, 0.15) is 5.76 Å². The van der Waals surface area contributed by atoms with Crippen LogP contribution in [0.4, 0.5) is 0 Å². The Labute approximate surface area is 98.4 Å². The Morgan fingerprint density at radius 1 is 1.50 bits per heavy atom. The fourth-order valence-electron chi connectivity index (χ4n) is 2.53. The van der Waals surface area contributed by atoms with Gasteiger partial charge >= 0.3 is 0 Å². The van der Waals surface area contributed by atoms with E-state index in [-0.39, 0.29) is 0 Å². The van der Waals surface area contributed by atoms with Crippen LogP contribution in [0.3, 0.4) is 0 Å². The van der Waals surface area contributed by atoms with Crippen molar-refractivity contribution in [2.45, 2.75) is 46.6 Å². The Morgan fingerprint density at radius 3 is 2.94 bits per heavy atom. The summed E-state index contributed by atoms with van der Waals surface area (Å²) in [4.78, 5) is 0. The van der Waals surface area contributed by atoms with Gasteiger partial charge < -0.3 is 9.73 Å². The molecule has 1 aliphatic rings. The van der Waals surface area contributed by atoms with Crippen LogP contribution in [-0.2, 0) is 6.42 Å². The van der Waals surface area contributed by atoms with Gasteiger partial charge in [-0.3, -0.25) is 0 Å². The molecule has 1 unspecified atom stereocenters. The zero-order valence-corrected chi connectivity index (χ0v) is 10.8. The number of hydrogen-bond acceptors (Lipinski definition) is 2. The van der Waals surface area contributed by atoms with E-state index in [9.17, 15) is 0 Å². The highest BCUT2D eigenvalue weighted by atomic mass is 16.3. The molecule has 16 heavy (non-hydrogen) atoms. The first-order valence-electron chi connectivity index (χ1n) is 6.27. The number of hydrogen-bond donors (Lipinski definition) is 1. The predicted molar refractivity (Wildman–Crippen MR) is 66.4 cm³/mol.